The first-order valence-corrected chi connectivity index (χ1v) is 2.59. The molecule has 0 saturated carbocycles. The van der Waals surface area contributed by atoms with Gasteiger partial charge in [-0.25, -0.2) is 0 Å². The van der Waals surface area contributed by atoms with Gasteiger partial charge in [0.2, 0.25) is 0 Å². The minimum absolute atomic E-state index is 0. The van der Waals surface area contributed by atoms with Crippen LogP contribution in [0.2, 0.25) is 0 Å². The van der Waals surface area contributed by atoms with Gasteiger partial charge in [0.1, 0.15) is 12.7 Å². The molecule has 0 heterocycles. The summed E-state index contributed by atoms with van der Waals surface area (Å²) in [6.45, 7) is 0.725. The first-order chi connectivity index (χ1) is 4.16. The van der Waals surface area contributed by atoms with E-state index in [-0.39, 0.29) is 30.3 Å². The number of ether oxygens (including phenoxy) is 1. The largest absolute Gasteiger partial charge is 0.463 e. The van der Waals surface area contributed by atoms with E-state index < -0.39 is 12.1 Å². The molecule has 0 aliphatic carbocycles. The van der Waals surface area contributed by atoms with E-state index in [1.807, 2.05) is 0 Å². The van der Waals surface area contributed by atoms with Crippen LogP contribution in [-0.4, -0.2) is 35.5 Å². The maximum absolute atomic E-state index is 10.0. The molecule has 0 saturated heterocycles. The third kappa shape index (κ3) is 7.91. The second-order valence-electron chi connectivity index (χ2n) is 1.64. The minimum atomic E-state index is -0.950. The summed E-state index contributed by atoms with van der Waals surface area (Å²) in [5.41, 5.74) is 0. The van der Waals surface area contributed by atoms with Gasteiger partial charge in [0.15, 0.2) is 0 Å². The molecule has 1 radical (unpaired) electrons. The predicted molar refractivity (Wildman–Crippen MR) is 29.7 cm³/mol. The molecule has 1 unspecified atom stereocenters. The molecule has 0 aromatic heterocycles. The molecule has 0 aliphatic heterocycles. The van der Waals surface area contributed by atoms with Crippen LogP contribution in [0.1, 0.15) is 6.92 Å². The van der Waals surface area contributed by atoms with Crippen LogP contribution in [0, 0.1) is 0 Å². The Balaban J connectivity index is 0. The number of hydrogen-bond donors (Lipinski definition) is 2. The van der Waals surface area contributed by atoms with E-state index in [0.29, 0.717) is 0 Å². The van der Waals surface area contributed by atoms with E-state index in [2.05, 4.69) is 4.74 Å². The molecule has 0 fully saturated rings. The molecular weight excluding hydrogens is 188 g/mol. The van der Waals surface area contributed by atoms with Crippen molar-refractivity contribution in [3.8, 4) is 0 Å². The number of carbonyl (C=O) groups excluding carboxylic acids is 1. The average molecular weight is 198 g/mol. The third-order valence-electron chi connectivity index (χ3n) is 0.690. The number of carbonyl (C=O) groups is 1. The maximum Gasteiger partial charge on any atom is 0.302 e. The monoisotopic (exact) mass is 197 g/mol. The molecular formula is C5H10CuO4. The Bertz CT molecular complexity index is 95.6. The molecule has 10 heavy (non-hydrogen) atoms. The normalized spacial score (nSPS) is 11.5. The van der Waals surface area contributed by atoms with Crippen molar-refractivity contribution in [1.82, 2.24) is 0 Å². The van der Waals surface area contributed by atoms with E-state index in [4.69, 9.17) is 10.2 Å². The van der Waals surface area contributed by atoms with Crippen LogP contribution >= 0.6 is 0 Å². The van der Waals surface area contributed by atoms with E-state index in [1.165, 1.54) is 6.92 Å². The molecule has 0 rings (SSSR count). The van der Waals surface area contributed by atoms with Crippen molar-refractivity contribution in [3.63, 3.8) is 0 Å². The number of aliphatic hydroxyl groups excluding tert-OH is 2. The number of esters is 1. The molecule has 0 aromatic rings. The quantitative estimate of drug-likeness (QED) is 0.445. The Morgan fingerprint density at radius 2 is 2.20 bits per heavy atom. The molecule has 4 nitrogen and oxygen atoms in total. The van der Waals surface area contributed by atoms with Gasteiger partial charge in [0.25, 0.3) is 0 Å². The third-order valence-corrected chi connectivity index (χ3v) is 0.690. The van der Waals surface area contributed by atoms with E-state index in [9.17, 15) is 4.79 Å². The fourth-order valence-electron chi connectivity index (χ4n) is 0.266. The Hall–Kier alpha value is -0.0905. The van der Waals surface area contributed by atoms with Gasteiger partial charge < -0.3 is 14.9 Å². The molecule has 65 valence electrons. The van der Waals surface area contributed by atoms with Gasteiger partial charge in [0, 0.05) is 24.0 Å². The fraction of sp³-hybridized carbons (Fsp3) is 0.800. The molecule has 0 aliphatic rings. The van der Waals surface area contributed by atoms with Crippen LogP contribution in [0.15, 0.2) is 0 Å². The molecule has 0 amide bonds. The number of hydrogen-bond acceptors (Lipinski definition) is 4. The molecule has 1 atom stereocenters. The molecule has 0 bridgehead atoms. The number of aliphatic hydroxyl groups is 2. The SMILES string of the molecule is CC(=O)OCC(O)CO.[Cu]. The second kappa shape index (κ2) is 7.02. The van der Waals surface area contributed by atoms with Crippen molar-refractivity contribution < 1.29 is 36.8 Å². The van der Waals surface area contributed by atoms with Crippen molar-refractivity contribution in [2.45, 2.75) is 13.0 Å². The van der Waals surface area contributed by atoms with Gasteiger partial charge >= 0.3 is 5.97 Å². The zero-order chi connectivity index (χ0) is 7.28. The zero-order valence-corrected chi connectivity index (χ0v) is 6.45. The van der Waals surface area contributed by atoms with Crippen LogP contribution in [-0.2, 0) is 26.6 Å². The van der Waals surface area contributed by atoms with Crippen LogP contribution in [0.4, 0.5) is 0 Å². The smallest absolute Gasteiger partial charge is 0.302 e. The van der Waals surface area contributed by atoms with E-state index in [0.717, 1.165) is 0 Å². The molecule has 2 N–H and O–H groups in total. The van der Waals surface area contributed by atoms with Crippen LogP contribution in [0.3, 0.4) is 0 Å². The van der Waals surface area contributed by atoms with Crippen LogP contribution in [0.5, 0.6) is 0 Å². The average Bonchev–Trinajstić information content (AvgIpc) is 1.83. The van der Waals surface area contributed by atoms with Crippen molar-refractivity contribution >= 4 is 5.97 Å². The Kier molecular flexibility index (Phi) is 8.83. The summed E-state index contributed by atoms with van der Waals surface area (Å²) in [6, 6.07) is 0. The van der Waals surface area contributed by atoms with Crippen molar-refractivity contribution in [3.05, 3.63) is 0 Å². The molecule has 5 heteroatoms. The van der Waals surface area contributed by atoms with Gasteiger partial charge in [-0.2, -0.15) is 0 Å². The van der Waals surface area contributed by atoms with Gasteiger partial charge in [-0.1, -0.05) is 0 Å². The van der Waals surface area contributed by atoms with Crippen molar-refractivity contribution in [2.24, 2.45) is 0 Å². The van der Waals surface area contributed by atoms with Gasteiger partial charge in [0.05, 0.1) is 6.61 Å². The summed E-state index contributed by atoms with van der Waals surface area (Å²) in [7, 11) is 0. The summed E-state index contributed by atoms with van der Waals surface area (Å²) in [6.07, 6.45) is -0.950. The molecule has 0 spiro atoms. The minimum Gasteiger partial charge on any atom is -0.463 e. The topological polar surface area (TPSA) is 66.8 Å². The summed E-state index contributed by atoms with van der Waals surface area (Å²) in [5, 5.41) is 16.8. The Morgan fingerprint density at radius 1 is 1.70 bits per heavy atom. The van der Waals surface area contributed by atoms with Gasteiger partial charge in [-0.15, -0.1) is 0 Å². The zero-order valence-electron chi connectivity index (χ0n) is 5.50. The van der Waals surface area contributed by atoms with Crippen LogP contribution < -0.4 is 0 Å². The van der Waals surface area contributed by atoms with Crippen LogP contribution in [0.25, 0.3) is 0 Å². The van der Waals surface area contributed by atoms with Crippen molar-refractivity contribution in [1.29, 1.82) is 0 Å². The van der Waals surface area contributed by atoms with E-state index in [1.54, 1.807) is 0 Å². The first kappa shape index (κ1) is 12.6. The standard InChI is InChI=1S/C5H10O4.Cu/c1-4(7)9-3-5(8)2-6;/h5-6,8H,2-3H2,1H3;. The number of rotatable bonds is 3. The predicted octanol–water partition coefficient (Wildman–Crippen LogP) is -1.10. The summed E-state index contributed by atoms with van der Waals surface area (Å²) in [5.74, 6) is -0.456. The fourth-order valence-corrected chi connectivity index (χ4v) is 0.266. The second-order valence-corrected chi connectivity index (χ2v) is 1.64. The summed E-state index contributed by atoms with van der Waals surface area (Å²) in [4.78, 5) is 10.0. The maximum atomic E-state index is 10.0. The van der Waals surface area contributed by atoms with Gasteiger partial charge in [-0.3, -0.25) is 4.79 Å². The Labute approximate surface area is 69.7 Å². The van der Waals surface area contributed by atoms with Gasteiger partial charge in [-0.05, 0) is 0 Å². The molecule has 0 aromatic carbocycles. The first-order valence-electron chi connectivity index (χ1n) is 2.59. The summed E-state index contributed by atoms with van der Waals surface area (Å²) >= 11 is 0. The van der Waals surface area contributed by atoms with Crippen molar-refractivity contribution in [2.75, 3.05) is 13.2 Å². The van der Waals surface area contributed by atoms with E-state index >= 15 is 0 Å². The summed E-state index contributed by atoms with van der Waals surface area (Å²) < 4.78 is 4.35. The Morgan fingerprint density at radius 3 is 2.50 bits per heavy atom.